The van der Waals surface area contributed by atoms with Crippen LogP contribution in [0.25, 0.3) is 66.9 Å². The lowest BCUT2D eigenvalue weighted by atomic mass is 10.0. The van der Waals surface area contributed by atoms with Gasteiger partial charge in [-0.3, -0.25) is 0 Å². The van der Waals surface area contributed by atoms with Gasteiger partial charge in [0.25, 0.3) is 0 Å². The third-order valence-corrected chi connectivity index (χ3v) is 6.62. The number of aromatic nitrogens is 3. The molecule has 0 bridgehead atoms. The molecule has 0 aliphatic carbocycles. The number of halogens is 1. The summed E-state index contributed by atoms with van der Waals surface area (Å²) >= 11 is 6.36. The number of para-hydroxylation sites is 1. The fourth-order valence-electron chi connectivity index (χ4n) is 4.69. The van der Waals surface area contributed by atoms with Gasteiger partial charge in [0.1, 0.15) is 11.2 Å². The molecule has 0 aliphatic rings. The van der Waals surface area contributed by atoms with Gasteiger partial charge in [0, 0.05) is 26.9 Å². The highest BCUT2D eigenvalue weighted by Gasteiger charge is 2.18. The number of benzene rings is 5. The molecule has 7 aromatic rings. The predicted octanol–water partition coefficient (Wildman–Crippen LogP) is 8.58. The van der Waals surface area contributed by atoms with E-state index in [-0.39, 0.29) is 0 Å². The van der Waals surface area contributed by atoms with Gasteiger partial charge in [0.2, 0.25) is 0 Å². The highest BCUT2D eigenvalue weighted by atomic mass is 35.5. The van der Waals surface area contributed by atoms with E-state index < -0.39 is 0 Å². The number of fused-ring (bicyclic) bond motifs is 5. The molecule has 2 aromatic heterocycles. The molecule has 2 heterocycles. The van der Waals surface area contributed by atoms with E-state index in [1.54, 1.807) is 0 Å². The zero-order valence-electron chi connectivity index (χ0n) is 19.0. The first kappa shape index (κ1) is 20.8. The van der Waals surface area contributed by atoms with Gasteiger partial charge in [-0.25, -0.2) is 15.0 Å². The first-order valence-electron chi connectivity index (χ1n) is 11.7. The van der Waals surface area contributed by atoms with E-state index in [1.807, 2.05) is 97.1 Å². The molecule has 0 radical (unpaired) electrons. The third kappa shape index (κ3) is 3.43. The van der Waals surface area contributed by atoms with Crippen molar-refractivity contribution in [2.45, 2.75) is 0 Å². The quantitative estimate of drug-likeness (QED) is 0.252. The summed E-state index contributed by atoms with van der Waals surface area (Å²) in [7, 11) is 0. The topological polar surface area (TPSA) is 51.8 Å². The molecule has 0 saturated heterocycles. The highest BCUT2D eigenvalue weighted by molar-refractivity contribution is 6.32. The van der Waals surface area contributed by atoms with Gasteiger partial charge in [0.15, 0.2) is 17.5 Å². The van der Waals surface area contributed by atoms with Crippen LogP contribution in [-0.2, 0) is 0 Å². The number of furan rings is 1. The average Bonchev–Trinajstić information content (AvgIpc) is 3.33. The summed E-state index contributed by atoms with van der Waals surface area (Å²) in [6.07, 6.45) is 0. The van der Waals surface area contributed by atoms with Crippen molar-refractivity contribution >= 4 is 44.3 Å². The van der Waals surface area contributed by atoms with Crippen molar-refractivity contribution in [2.75, 3.05) is 0 Å². The van der Waals surface area contributed by atoms with Crippen molar-refractivity contribution in [3.05, 3.63) is 114 Å². The summed E-state index contributed by atoms with van der Waals surface area (Å²) in [5.41, 5.74) is 4.21. The monoisotopic (exact) mass is 483 g/mol. The Morgan fingerprint density at radius 3 is 1.89 bits per heavy atom. The summed E-state index contributed by atoms with van der Waals surface area (Å²) in [4.78, 5) is 14.6. The van der Waals surface area contributed by atoms with E-state index in [0.29, 0.717) is 22.5 Å². The Kier molecular flexibility index (Phi) is 4.79. The molecular weight excluding hydrogens is 466 g/mol. The first-order chi connectivity index (χ1) is 17.7. The minimum absolute atomic E-state index is 0.565. The Bertz CT molecular complexity index is 1840. The van der Waals surface area contributed by atoms with Gasteiger partial charge in [-0.15, -0.1) is 0 Å². The van der Waals surface area contributed by atoms with E-state index in [1.165, 1.54) is 0 Å². The van der Waals surface area contributed by atoms with Gasteiger partial charge in [-0.1, -0.05) is 96.5 Å². The molecule has 0 aliphatic heterocycles. The number of hydrogen-bond donors (Lipinski definition) is 0. The van der Waals surface area contributed by atoms with E-state index in [2.05, 4.69) is 12.1 Å². The van der Waals surface area contributed by atoms with Crippen LogP contribution in [0.15, 0.2) is 114 Å². The minimum atomic E-state index is 0.565. The molecule has 5 heteroatoms. The normalized spacial score (nSPS) is 11.5. The average molecular weight is 484 g/mol. The molecule has 4 nitrogen and oxygen atoms in total. The summed E-state index contributed by atoms with van der Waals surface area (Å²) < 4.78 is 6.43. The second-order valence-electron chi connectivity index (χ2n) is 8.63. The SMILES string of the molecule is Clc1ccc2ccc3oc4c(-c5nc(-c6ccccc6)nc(-c6ccccc6)n5)cccc4c3c2c1. The number of rotatable bonds is 3. The van der Waals surface area contributed by atoms with Crippen molar-refractivity contribution in [1.82, 2.24) is 15.0 Å². The number of hydrogen-bond acceptors (Lipinski definition) is 4. The van der Waals surface area contributed by atoms with E-state index in [9.17, 15) is 0 Å². The molecule has 5 aromatic carbocycles. The smallest absolute Gasteiger partial charge is 0.167 e. The predicted molar refractivity (Wildman–Crippen MR) is 146 cm³/mol. The van der Waals surface area contributed by atoms with Gasteiger partial charge >= 0.3 is 0 Å². The lowest BCUT2D eigenvalue weighted by Crippen LogP contribution is -2.00. The lowest BCUT2D eigenvalue weighted by Gasteiger charge is -2.08. The zero-order valence-corrected chi connectivity index (χ0v) is 19.8. The van der Waals surface area contributed by atoms with Crippen LogP contribution < -0.4 is 0 Å². The van der Waals surface area contributed by atoms with E-state index in [0.717, 1.165) is 49.4 Å². The van der Waals surface area contributed by atoms with E-state index in [4.69, 9.17) is 31.0 Å². The summed E-state index contributed by atoms with van der Waals surface area (Å²) in [6, 6.07) is 36.0. The fraction of sp³-hybridized carbons (Fsp3) is 0. The van der Waals surface area contributed by atoms with Gasteiger partial charge in [-0.2, -0.15) is 0 Å². The van der Waals surface area contributed by atoms with Crippen LogP contribution in [0, 0.1) is 0 Å². The zero-order chi connectivity index (χ0) is 24.1. The third-order valence-electron chi connectivity index (χ3n) is 6.38. The van der Waals surface area contributed by atoms with Crippen molar-refractivity contribution in [3.8, 4) is 34.2 Å². The Morgan fingerprint density at radius 1 is 0.556 bits per heavy atom. The van der Waals surface area contributed by atoms with Gasteiger partial charge in [-0.05, 0) is 35.0 Å². The maximum absolute atomic E-state index is 6.43. The molecule has 36 heavy (non-hydrogen) atoms. The molecule has 0 fully saturated rings. The van der Waals surface area contributed by atoms with E-state index >= 15 is 0 Å². The molecule has 0 amide bonds. The molecule has 0 N–H and O–H groups in total. The van der Waals surface area contributed by atoms with Gasteiger partial charge in [0.05, 0.1) is 5.56 Å². The van der Waals surface area contributed by atoms with Crippen LogP contribution in [0.2, 0.25) is 5.02 Å². The Morgan fingerprint density at radius 2 is 1.19 bits per heavy atom. The number of nitrogens with zero attached hydrogens (tertiary/aromatic N) is 3. The summed E-state index contributed by atoms with van der Waals surface area (Å²) in [5, 5.41) is 4.89. The molecule has 0 saturated carbocycles. The molecule has 7 rings (SSSR count). The Balaban J connectivity index is 1.52. The standard InChI is InChI=1S/C31H18ClN3O/c32-22-16-14-19-15-17-26-27(25(19)18-22)23-12-7-13-24(28(23)36-26)31-34-29(20-8-3-1-4-9-20)33-30(35-31)21-10-5-2-6-11-21/h1-18H. The molecule has 170 valence electrons. The Labute approximate surface area is 211 Å². The van der Waals surface area contributed by atoms with Crippen molar-refractivity contribution in [1.29, 1.82) is 0 Å². The Hall–Kier alpha value is -4.54. The molecular formula is C31H18ClN3O. The second-order valence-corrected chi connectivity index (χ2v) is 9.06. The summed E-state index contributed by atoms with van der Waals surface area (Å²) in [6.45, 7) is 0. The van der Waals surface area contributed by atoms with Crippen molar-refractivity contribution in [2.24, 2.45) is 0 Å². The maximum atomic E-state index is 6.43. The molecule has 0 spiro atoms. The first-order valence-corrected chi connectivity index (χ1v) is 12.0. The lowest BCUT2D eigenvalue weighted by molar-refractivity contribution is 0.670. The van der Waals surface area contributed by atoms with Crippen LogP contribution in [-0.4, -0.2) is 15.0 Å². The van der Waals surface area contributed by atoms with Crippen LogP contribution in [0.4, 0.5) is 0 Å². The van der Waals surface area contributed by atoms with Crippen LogP contribution in [0.1, 0.15) is 0 Å². The highest BCUT2D eigenvalue weighted by Crippen LogP contribution is 2.39. The fourth-order valence-corrected chi connectivity index (χ4v) is 4.87. The van der Waals surface area contributed by atoms with Crippen molar-refractivity contribution in [3.63, 3.8) is 0 Å². The second kappa shape index (κ2) is 8.29. The molecule has 0 unspecified atom stereocenters. The van der Waals surface area contributed by atoms with Crippen molar-refractivity contribution < 1.29 is 4.42 Å². The summed E-state index contributed by atoms with van der Waals surface area (Å²) in [5.74, 6) is 1.80. The maximum Gasteiger partial charge on any atom is 0.167 e. The molecule has 0 atom stereocenters. The van der Waals surface area contributed by atoms with Crippen LogP contribution >= 0.6 is 11.6 Å². The van der Waals surface area contributed by atoms with Crippen LogP contribution in [0.3, 0.4) is 0 Å². The van der Waals surface area contributed by atoms with Gasteiger partial charge < -0.3 is 4.42 Å². The minimum Gasteiger partial charge on any atom is -0.455 e. The largest absolute Gasteiger partial charge is 0.455 e. The van der Waals surface area contributed by atoms with Crippen LogP contribution in [0.5, 0.6) is 0 Å².